The second kappa shape index (κ2) is 9.12. The lowest BCUT2D eigenvalue weighted by Crippen LogP contribution is -2.48. The van der Waals surface area contributed by atoms with Crippen LogP contribution in [0.3, 0.4) is 0 Å². The highest BCUT2D eigenvalue weighted by atomic mass is 16.5. The van der Waals surface area contributed by atoms with Gasteiger partial charge in [-0.3, -0.25) is 9.80 Å². The van der Waals surface area contributed by atoms with Crippen molar-refractivity contribution in [3.63, 3.8) is 0 Å². The molecule has 0 amide bonds. The van der Waals surface area contributed by atoms with Gasteiger partial charge in [-0.05, 0) is 51.8 Å². The quantitative estimate of drug-likeness (QED) is 0.795. The Morgan fingerprint density at radius 1 is 1.04 bits per heavy atom. The highest BCUT2D eigenvalue weighted by Gasteiger charge is 2.28. The minimum atomic E-state index is 0.658. The van der Waals surface area contributed by atoms with E-state index >= 15 is 0 Å². The van der Waals surface area contributed by atoms with E-state index in [0.29, 0.717) is 6.04 Å². The smallest absolute Gasteiger partial charge is 0.143 e. The van der Waals surface area contributed by atoms with Crippen molar-refractivity contribution < 1.29 is 4.74 Å². The highest BCUT2D eigenvalue weighted by molar-refractivity contribution is 5.58. The van der Waals surface area contributed by atoms with Gasteiger partial charge in [-0.15, -0.1) is 0 Å². The van der Waals surface area contributed by atoms with Crippen molar-refractivity contribution in [2.24, 2.45) is 5.92 Å². The van der Waals surface area contributed by atoms with E-state index in [1.807, 2.05) is 6.07 Å². The first-order chi connectivity index (χ1) is 13.7. The molecule has 2 aliphatic heterocycles. The largest absolute Gasteiger partial charge is 0.379 e. The maximum Gasteiger partial charge on any atom is 0.143 e. The van der Waals surface area contributed by atoms with Crippen LogP contribution >= 0.6 is 0 Å². The van der Waals surface area contributed by atoms with Crippen molar-refractivity contribution in [1.82, 2.24) is 19.8 Å². The van der Waals surface area contributed by atoms with E-state index in [-0.39, 0.29) is 0 Å². The topological polar surface area (TPSA) is 41.5 Å². The molecule has 1 aromatic carbocycles. The molecule has 2 aromatic rings. The molecule has 5 heteroatoms. The van der Waals surface area contributed by atoms with Crippen LogP contribution in [0.2, 0.25) is 0 Å². The predicted octanol–water partition coefficient (Wildman–Crippen LogP) is 3.38. The van der Waals surface area contributed by atoms with Crippen molar-refractivity contribution in [2.75, 3.05) is 39.4 Å². The lowest BCUT2D eigenvalue weighted by atomic mass is 9.89. The van der Waals surface area contributed by atoms with E-state index in [0.717, 1.165) is 74.6 Å². The van der Waals surface area contributed by atoms with Gasteiger partial charge in [0.25, 0.3) is 0 Å². The fourth-order valence-corrected chi connectivity index (χ4v) is 4.53. The van der Waals surface area contributed by atoms with Crippen LogP contribution in [0.5, 0.6) is 0 Å². The summed E-state index contributed by atoms with van der Waals surface area (Å²) in [5, 5.41) is 0. The molecule has 0 radical (unpaired) electrons. The number of hydrogen-bond acceptors (Lipinski definition) is 5. The normalized spacial score (nSPS) is 20.9. The molecular formula is C23H32N4O. The minimum Gasteiger partial charge on any atom is -0.379 e. The number of morpholine rings is 1. The summed E-state index contributed by atoms with van der Waals surface area (Å²) >= 11 is 0. The molecule has 2 fully saturated rings. The Morgan fingerprint density at radius 3 is 2.46 bits per heavy atom. The third-order valence-electron chi connectivity index (χ3n) is 6.27. The Kier molecular flexibility index (Phi) is 6.35. The molecule has 0 bridgehead atoms. The molecule has 0 spiro atoms. The molecule has 28 heavy (non-hydrogen) atoms. The van der Waals surface area contributed by atoms with E-state index in [1.165, 1.54) is 12.8 Å². The van der Waals surface area contributed by atoms with Gasteiger partial charge in [0.15, 0.2) is 0 Å². The second-order valence-corrected chi connectivity index (χ2v) is 8.18. The molecule has 0 N–H and O–H groups in total. The van der Waals surface area contributed by atoms with Crippen LogP contribution in [0.15, 0.2) is 36.4 Å². The summed E-state index contributed by atoms with van der Waals surface area (Å²) in [6.07, 6.45) is 2.52. The van der Waals surface area contributed by atoms with Crippen molar-refractivity contribution in [2.45, 2.75) is 39.3 Å². The summed E-state index contributed by atoms with van der Waals surface area (Å²) in [5.74, 6) is 1.73. The Morgan fingerprint density at radius 2 is 1.75 bits per heavy atom. The number of ether oxygens (including phenoxy) is 1. The number of benzene rings is 1. The molecule has 5 nitrogen and oxygen atoms in total. The molecule has 150 valence electrons. The average molecular weight is 381 g/mol. The van der Waals surface area contributed by atoms with E-state index < -0.39 is 0 Å². The Bertz CT molecular complexity index is 752. The number of nitrogens with zero attached hydrogens (tertiary/aromatic N) is 4. The summed E-state index contributed by atoms with van der Waals surface area (Å²) in [6.45, 7) is 11.5. The standard InChI is InChI=1S/C23H32N4O/c1-18-16-22(21-6-4-3-5-7-21)25-23(24-18)17-26-10-8-20(9-11-26)19(2)27-12-14-28-15-13-27/h3-7,16,19-20H,8-15,17H2,1-2H3/t19-/m0/s1. The molecule has 4 rings (SSSR count). The fourth-order valence-electron chi connectivity index (χ4n) is 4.53. The van der Waals surface area contributed by atoms with Gasteiger partial charge in [-0.25, -0.2) is 9.97 Å². The minimum absolute atomic E-state index is 0.658. The number of likely N-dealkylation sites (tertiary alicyclic amines) is 1. The van der Waals surface area contributed by atoms with Gasteiger partial charge in [0.2, 0.25) is 0 Å². The van der Waals surface area contributed by atoms with E-state index in [9.17, 15) is 0 Å². The maximum absolute atomic E-state index is 5.51. The molecule has 1 atom stereocenters. The van der Waals surface area contributed by atoms with Gasteiger partial charge < -0.3 is 4.74 Å². The van der Waals surface area contributed by atoms with Gasteiger partial charge in [0.1, 0.15) is 5.82 Å². The third kappa shape index (κ3) is 4.77. The van der Waals surface area contributed by atoms with Crippen LogP contribution in [-0.2, 0) is 11.3 Å². The van der Waals surface area contributed by atoms with E-state index in [1.54, 1.807) is 0 Å². The SMILES string of the molecule is Cc1cc(-c2ccccc2)nc(CN2CCC([C@H](C)N3CCOCC3)CC2)n1. The number of hydrogen-bond donors (Lipinski definition) is 0. The highest BCUT2D eigenvalue weighted by Crippen LogP contribution is 2.25. The second-order valence-electron chi connectivity index (χ2n) is 8.18. The Balaban J connectivity index is 1.35. The molecule has 0 unspecified atom stereocenters. The zero-order chi connectivity index (χ0) is 19.3. The van der Waals surface area contributed by atoms with E-state index in [2.05, 4.69) is 54.0 Å². The lowest BCUT2D eigenvalue weighted by Gasteiger charge is -2.40. The zero-order valence-corrected chi connectivity index (χ0v) is 17.2. The first-order valence-corrected chi connectivity index (χ1v) is 10.6. The van der Waals surface area contributed by atoms with Crippen molar-refractivity contribution >= 4 is 0 Å². The summed E-state index contributed by atoms with van der Waals surface area (Å²) in [7, 11) is 0. The lowest BCUT2D eigenvalue weighted by molar-refractivity contribution is -0.00204. The first-order valence-electron chi connectivity index (χ1n) is 10.6. The molecule has 0 saturated carbocycles. The number of rotatable bonds is 5. The van der Waals surface area contributed by atoms with Crippen LogP contribution in [-0.4, -0.2) is 65.2 Å². The summed E-state index contributed by atoms with van der Waals surface area (Å²) < 4.78 is 5.51. The molecule has 0 aliphatic carbocycles. The Hall–Kier alpha value is -1.82. The number of aryl methyl sites for hydroxylation is 1. The van der Waals surface area contributed by atoms with Crippen LogP contribution in [0.1, 0.15) is 31.3 Å². The molecule has 2 aliphatic rings. The summed E-state index contributed by atoms with van der Waals surface area (Å²) in [5.41, 5.74) is 3.23. The maximum atomic E-state index is 5.51. The Labute approximate surface area is 168 Å². The molecule has 3 heterocycles. The summed E-state index contributed by atoms with van der Waals surface area (Å²) in [6, 6.07) is 13.1. The zero-order valence-electron chi connectivity index (χ0n) is 17.2. The van der Waals surface area contributed by atoms with Crippen LogP contribution in [0.4, 0.5) is 0 Å². The monoisotopic (exact) mass is 380 g/mol. The van der Waals surface area contributed by atoms with Crippen LogP contribution < -0.4 is 0 Å². The fraction of sp³-hybridized carbons (Fsp3) is 0.565. The number of piperidine rings is 1. The van der Waals surface area contributed by atoms with Gasteiger partial charge in [-0.1, -0.05) is 30.3 Å². The number of aromatic nitrogens is 2. The first kappa shape index (κ1) is 19.5. The van der Waals surface area contributed by atoms with Gasteiger partial charge in [0.05, 0.1) is 25.5 Å². The van der Waals surface area contributed by atoms with Gasteiger partial charge in [0, 0.05) is 30.4 Å². The average Bonchev–Trinajstić information content (AvgIpc) is 2.75. The van der Waals surface area contributed by atoms with E-state index in [4.69, 9.17) is 14.7 Å². The molecular weight excluding hydrogens is 348 g/mol. The molecule has 2 saturated heterocycles. The van der Waals surface area contributed by atoms with Crippen molar-refractivity contribution in [3.8, 4) is 11.3 Å². The molecule has 1 aromatic heterocycles. The predicted molar refractivity (Wildman–Crippen MR) is 112 cm³/mol. The summed E-state index contributed by atoms with van der Waals surface area (Å²) in [4.78, 5) is 14.7. The third-order valence-corrected chi connectivity index (χ3v) is 6.27. The van der Waals surface area contributed by atoms with Gasteiger partial charge in [-0.2, -0.15) is 0 Å². The van der Waals surface area contributed by atoms with Crippen LogP contribution in [0.25, 0.3) is 11.3 Å². The van der Waals surface area contributed by atoms with Crippen molar-refractivity contribution in [1.29, 1.82) is 0 Å². The van der Waals surface area contributed by atoms with Crippen LogP contribution in [0, 0.1) is 12.8 Å². The van der Waals surface area contributed by atoms with Gasteiger partial charge >= 0.3 is 0 Å². The van der Waals surface area contributed by atoms with Crippen molar-refractivity contribution in [3.05, 3.63) is 47.9 Å².